The van der Waals surface area contributed by atoms with E-state index in [4.69, 9.17) is 11.6 Å². The van der Waals surface area contributed by atoms with E-state index in [0.29, 0.717) is 5.15 Å². The van der Waals surface area contributed by atoms with Crippen molar-refractivity contribution in [3.05, 3.63) is 21.4 Å². The maximum Gasteiger partial charge on any atom is 0.141 e. The number of hydrogen-bond donors (Lipinski definition) is 0. The summed E-state index contributed by atoms with van der Waals surface area (Å²) in [6.07, 6.45) is 6.83. The zero-order valence-corrected chi connectivity index (χ0v) is 11.5. The Labute approximate surface area is 110 Å². The fourth-order valence-electron chi connectivity index (χ4n) is 2.44. The maximum absolute atomic E-state index is 6.32. The van der Waals surface area contributed by atoms with E-state index in [0.717, 1.165) is 35.3 Å². The van der Waals surface area contributed by atoms with E-state index < -0.39 is 0 Å². The van der Waals surface area contributed by atoms with E-state index in [9.17, 15) is 0 Å². The van der Waals surface area contributed by atoms with Crippen molar-refractivity contribution < 1.29 is 0 Å². The number of fused-ring (bicyclic) bond motifs is 3. The number of hydrogen-bond acceptors (Lipinski definition) is 3. The third-order valence-corrected chi connectivity index (χ3v) is 4.78. The lowest BCUT2D eigenvalue weighted by atomic mass is 10.2. The summed E-state index contributed by atoms with van der Waals surface area (Å²) >= 11 is 8.13. The molecule has 2 nitrogen and oxygen atoms in total. The number of aromatic nitrogens is 2. The summed E-state index contributed by atoms with van der Waals surface area (Å²) in [5.41, 5.74) is 1.41. The molecule has 0 unspecified atom stereocenters. The third-order valence-electron chi connectivity index (χ3n) is 3.32. The average Bonchev–Trinajstić information content (AvgIpc) is 2.85. The van der Waals surface area contributed by atoms with Gasteiger partial charge in [-0.1, -0.05) is 24.9 Å². The van der Waals surface area contributed by atoms with Crippen LogP contribution in [0, 0.1) is 0 Å². The molecule has 1 aliphatic rings. The van der Waals surface area contributed by atoms with E-state index >= 15 is 0 Å². The van der Waals surface area contributed by atoms with Crippen molar-refractivity contribution in [3.8, 4) is 0 Å². The molecule has 0 saturated heterocycles. The molecule has 0 aliphatic heterocycles. The Morgan fingerprint density at radius 1 is 1.29 bits per heavy atom. The molecule has 17 heavy (non-hydrogen) atoms. The van der Waals surface area contributed by atoms with E-state index in [2.05, 4.69) is 16.9 Å². The Hall–Kier alpha value is -0.670. The summed E-state index contributed by atoms with van der Waals surface area (Å²) in [5.74, 6) is 0.907. The largest absolute Gasteiger partial charge is 0.222 e. The lowest BCUT2D eigenvalue weighted by Crippen LogP contribution is -1.95. The van der Waals surface area contributed by atoms with Gasteiger partial charge in [-0.05, 0) is 31.2 Å². The standard InChI is InChI=1S/C13H15ClN2S/c1-2-3-7-10-15-12(14)11-8-5-4-6-9(8)17-13(11)16-10/h2-7H2,1H3. The van der Waals surface area contributed by atoms with Gasteiger partial charge in [0.25, 0.3) is 0 Å². The predicted octanol–water partition coefficient (Wildman–Crippen LogP) is 4.18. The van der Waals surface area contributed by atoms with Crippen molar-refractivity contribution in [2.75, 3.05) is 0 Å². The highest BCUT2D eigenvalue weighted by Crippen LogP contribution is 2.39. The zero-order chi connectivity index (χ0) is 11.8. The molecular formula is C13H15ClN2S. The van der Waals surface area contributed by atoms with Gasteiger partial charge in [0.05, 0.1) is 5.39 Å². The molecule has 0 fully saturated rings. The minimum atomic E-state index is 0.667. The predicted molar refractivity (Wildman–Crippen MR) is 73.1 cm³/mol. The van der Waals surface area contributed by atoms with Crippen molar-refractivity contribution in [2.24, 2.45) is 0 Å². The van der Waals surface area contributed by atoms with Crippen LogP contribution in [-0.2, 0) is 19.3 Å². The Balaban J connectivity index is 2.08. The quantitative estimate of drug-likeness (QED) is 0.779. The molecular weight excluding hydrogens is 252 g/mol. The first kappa shape index (κ1) is 11.4. The molecule has 3 rings (SSSR count). The van der Waals surface area contributed by atoms with Crippen molar-refractivity contribution in [3.63, 3.8) is 0 Å². The van der Waals surface area contributed by atoms with E-state index in [-0.39, 0.29) is 0 Å². The first-order valence-electron chi connectivity index (χ1n) is 6.26. The average molecular weight is 267 g/mol. The monoisotopic (exact) mass is 266 g/mol. The second kappa shape index (κ2) is 4.54. The van der Waals surface area contributed by atoms with Crippen LogP contribution in [0.15, 0.2) is 0 Å². The Kier molecular flexibility index (Phi) is 3.05. The normalized spacial score (nSPS) is 14.5. The first-order valence-corrected chi connectivity index (χ1v) is 7.45. The van der Waals surface area contributed by atoms with Crippen LogP contribution in [0.2, 0.25) is 5.15 Å². The lowest BCUT2D eigenvalue weighted by molar-refractivity contribution is 0.757. The summed E-state index contributed by atoms with van der Waals surface area (Å²) in [6, 6.07) is 0. The number of unbranched alkanes of at least 4 members (excludes halogenated alkanes) is 1. The highest BCUT2D eigenvalue weighted by molar-refractivity contribution is 7.19. The zero-order valence-electron chi connectivity index (χ0n) is 9.92. The van der Waals surface area contributed by atoms with E-state index in [1.165, 1.54) is 29.7 Å². The molecule has 0 spiro atoms. The van der Waals surface area contributed by atoms with Crippen molar-refractivity contribution in [2.45, 2.75) is 45.4 Å². The van der Waals surface area contributed by atoms with Crippen LogP contribution in [0.4, 0.5) is 0 Å². The van der Waals surface area contributed by atoms with Crippen LogP contribution < -0.4 is 0 Å². The van der Waals surface area contributed by atoms with E-state index in [1.54, 1.807) is 0 Å². The van der Waals surface area contributed by atoms with Gasteiger partial charge in [-0.25, -0.2) is 9.97 Å². The molecule has 90 valence electrons. The van der Waals surface area contributed by atoms with Gasteiger partial charge < -0.3 is 0 Å². The van der Waals surface area contributed by atoms with Gasteiger partial charge in [0, 0.05) is 11.3 Å². The number of thiophene rings is 1. The van der Waals surface area contributed by atoms with E-state index in [1.807, 2.05) is 11.3 Å². The maximum atomic E-state index is 6.32. The molecule has 0 saturated carbocycles. The Morgan fingerprint density at radius 2 is 2.18 bits per heavy atom. The summed E-state index contributed by atoms with van der Waals surface area (Å²) in [6.45, 7) is 2.18. The van der Waals surface area contributed by atoms with Crippen LogP contribution in [0.3, 0.4) is 0 Å². The molecule has 1 aliphatic carbocycles. The van der Waals surface area contributed by atoms with Crippen molar-refractivity contribution in [1.82, 2.24) is 9.97 Å². The van der Waals surface area contributed by atoms with Crippen LogP contribution in [0.1, 0.15) is 42.5 Å². The second-order valence-corrected chi connectivity index (χ2v) is 6.01. The molecule has 2 heterocycles. The second-order valence-electron chi connectivity index (χ2n) is 4.57. The lowest BCUT2D eigenvalue weighted by Gasteiger charge is -2.01. The van der Waals surface area contributed by atoms with Crippen molar-refractivity contribution >= 4 is 33.2 Å². The van der Waals surface area contributed by atoms with Gasteiger partial charge in [-0.2, -0.15) is 0 Å². The van der Waals surface area contributed by atoms with Gasteiger partial charge in [-0.3, -0.25) is 0 Å². The van der Waals surface area contributed by atoms with Gasteiger partial charge in [-0.15, -0.1) is 11.3 Å². The molecule has 0 N–H and O–H groups in total. The van der Waals surface area contributed by atoms with Crippen LogP contribution >= 0.6 is 22.9 Å². The molecule has 0 atom stereocenters. The van der Waals surface area contributed by atoms with Crippen molar-refractivity contribution in [1.29, 1.82) is 0 Å². The number of rotatable bonds is 3. The molecule has 2 aromatic rings. The SMILES string of the molecule is CCCCc1nc(Cl)c2c3c(sc2n1)CCC3. The summed E-state index contributed by atoms with van der Waals surface area (Å²) < 4.78 is 0. The molecule has 2 aromatic heterocycles. The minimum Gasteiger partial charge on any atom is -0.222 e. The molecule has 0 amide bonds. The van der Waals surface area contributed by atoms with Crippen LogP contribution in [0.25, 0.3) is 10.2 Å². The first-order chi connectivity index (χ1) is 8.29. The van der Waals surface area contributed by atoms with Gasteiger partial charge in [0.15, 0.2) is 0 Å². The fourth-order valence-corrected chi connectivity index (χ4v) is 4.08. The fraction of sp³-hybridized carbons (Fsp3) is 0.538. The topological polar surface area (TPSA) is 25.8 Å². The molecule has 4 heteroatoms. The number of nitrogens with zero attached hydrogens (tertiary/aromatic N) is 2. The summed E-state index contributed by atoms with van der Waals surface area (Å²) in [7, 11) is 0. The Bertz CT molecular complexity index is 562. The van der Waals surface area contributed by atoms with Gasteiger partial charge in [0.1, 0.15) is 15.8 Å². The van der Waals surface area contributed by atoms with Crippen LogP contribution in [-0.4, -0.2) is 9.97 Å². The molecule has 0 aromatic carbocycles. The summed E-state index contributed by atoms with van der Waals surface area (Å²) in [4.78, 5) is 11.7. The molecule has 0 radical (unpaired) electrons. The van der Waals surface area contributed by atoms with Crippen LogP contribution in [0.5, 0.6) is 0 Å². The number of halogens is 1. The molecule has 0 bridgehead atoms. The minimum absolute atomic E-state index is 0.667. The Morgan fingerprint density at radius 3 is 3.00 bits per heavy atom. The third kappa shape index (κ3) is 1.95. The van der Waals surface area contributed by atoms with Gasteiger partial charge >= 0.3 is 0 Å². The van der Waals surface area contributed by atoms with Gasteiger partial charge in [0.2, 0.25) is 0 Å². The highest BCUT2D eigenvalue weighted by atomic mass is 35.5. The smallest absolute Gasteiger partial charge is 0.141 e. The highest BCUT2D eigenvalue weighted by Gasteiger charge is 2.21. The summed E-state index contributed by atoms with van der Waals surface area (Å²) in [5, 5.41) is 1.80. The number of aryl methyl sites for hydroxylation is 3.